The molecule has 1 aromatic heterocycles. The molecular weight excluding hydrogens is 359 g/mol. The molecule has 0 radical (unpaired) electrons. The van der Waals surface area contributed by atoms with Gasteiger partial charge in [-0.2, -0.15) is 0 Å². The van der Waals surface area contributed by atoms with Gasteiger partial charge >= 0.3 is 0 Å². The third-order valence-corrected chi connectivity index (χ3v) is 3.63. The highest BCUT2D eigenvalue weighted by atomic mass is 79.9. The highest BCUT2D eigenvalue weighted by Gasteiger charge is 2.09. The number of hydrogen-bond donors (Lipinski definition) is 1. The molecule has 1 N–H and O–H groups in total. The van der Waals surface area contributed by atoms with Crippen molar-refractivity contribution in [2.75, 3.05) is 6.54 Å². The monoisotopic (exact) mass is 372 g/mol. The van der Waals surface area contributed by atoms with E-state index in [1.54, 1.807) is 12.3 Å². The lowest BCUT2D eigenvalue weighted by atomic mass is 10.3. The molecule has 0 aliphatic heterocycles. The van der Waals surface area contributed by atoms with Crippen molar-refractivity contribution in [3.8, 4) is 11.5 Å². The summed E-state index contributed by atoms with van der Waals surface area (Å²) in [6.07, 6.45) is 2.73. The second-order valence-corrected chi connectivity index (χ2v) is 5.72. The van der Waals surface area contributed by atoms with Gasteiger partial charge in [-0.05, 0) is 41.0 Å². The maximum atomic E-state index is 13.5. The summed E-state index contributed by atoms with van der Waals surface area (Å²) < 4.78 is 19.8. The van der Waals surface area contributed by atoms with Crippen LogP contribution in [0.5, 0.6) is 11.5 Å². The Labute approximate surface area is 136 Å². The van der Waals surface area contributed by atoms with E-state index in [9.17, 15) is 4.39 Å². The number of rotatable bonds is 6. The van der Waals surface area contributed by atoms with Crippen molar-refractivity contribution in [1.29, 1.82) is 0 Å². The second-order valence-electron chi connectivity index (χ2n) is 4.46. The van der Waals surface area contributed by atoms with Crippen LogP contribution in [0, 0.1) is 5.82 Å². The Morgan fingerprint density at radius 2 is 2.19 bits per heavy atom. The van der Waals surface area contributed by atoms with Crippen LogP contribution in [0.2, 0.25) is 5.02 Å². The summed E-state index contributed by atoms with van der Waals surface area (Å²) in [6, 6.07) is 6.27. The lowest BCUT2D eigenvalue weighted by Crippen LogP contribution is -2.14. The molecule has 2 aromatic rings. The van der Waals surface area contributed by atoms with Crippen LogP contribution in [0.15, 0.2) is 34.9 Å². The highest BCUT2D eigenvalue weighted by Crippen LogP contribution is 2.33. The number of nitrogens with zero attached hydrogens (tertiary/aromatic N) is 1. The van der Waals surface area contributed by atoms with Crippen molar-refractivity contribution in [3.63, 3.8) is 0 Å². The molecule has 0 aliphatic rings. The molecule has 0 aliphatic carbocycles. The van der Waals surface area contributed by atoms with Crippen molar-refractivity contribution in [2.24, 2.45) is 0 Å². The van der Waals surface area contributed by atoms with Gasteiger partial charge in [-0.1, -0.05) is 18.5 Å². The molecule has 0 amide bonds. The summed E-state index contributed by atoms with van der Waals surface area (Å²) in [7, 11) is 0. The average molecular weight is 374 g/mol. The minimum Gasteiger partial charge on any atom is -0.456 e. The van der Waals surface area contributed by atoms with E-state index in [1.807, 2.05) is 6.07 Å². The van der Waals surface area contributed by atoms with Gasteiger partial charge in [-0.25, -0.2) is 4.39 Å². The number of halogens is 3. The molecule has 21 heavy (non-hydrogen) atoms. The third-order valence-electron chi connectivity index (χ3n) is 2.72. The van der Waals surface area contributed by atoms with Gasteiger partial charge in [0, 0.05) is 24.9 Å². The summed E-state index contributed by atoms with van der Waals surface area (Å²) in [4.78, 5) is 4.26. The van der Waals surface area contributed by atoms with E-state index in [4.69, 9.17) is 16.3 Å². The largest absolute Gasteiger partial charge is 0.456 e. The van der Waals surface area contributed by atoms with E-state index in [0.717, 1.165) is 18.7 Å². The minimum atomic E-state index is -0.520. The molecule has 0 saturated carbocycles. The van der Waals surface area contributed by atoms with E-state index in [0.29, 0.717) is 22.5 Å². The van der Waals surface area contributed by atoms with Gasteiger partial charge < -0.3 is 10.1 Å². The Kier molecular flexibility index (Phi) is 5.96. The Hall–Kier alpha value is -1.17. The van der Waals surface area contributed by atoms with Crippen molar-refractivity contribution in [2.45, 2.75) is 19.9 Å². The SMILES string of the molecule is CCCNCc1cc(Oc2cc(F)c(Cl)cc2Br)ccn1. The van der Waals surface area contributed by atoms with Crippen LogP contribution in [0.25, 0.3) is 0 Å². The van der Waals surface area contributed by atoms with E-state index < -0.39 is 5.82 Å². The van der Waals surface area contributed by atoms with E-state index in [1.165, 1.54) is 12.1 Å². The number of hydrogen-bond acceptors (Lipinski definition) is 3. The first-order valence-corrected chi connectivity index (χ1v) is 7.75. The number of nitrogens with one attached hydrogen (secondary N) is 1. The van der Waals surface area contributed by atoms with Gasteiger partial charge in [0.25, 0.3) is 0 Å². The molecule has 0 bridgehead atoms. The van der Waals surface area contributed by atoms with Crippen molar-refractivity contribution in [1.82, 2.24) is 10.3 Å². The topological polar surface area (TPSA) is 34.1 Å². The lowest BCUT2D eigenvalue weighted by molar-refractivity contribution is 0.471. The second kappa shape index (κ2) is 7.73. The van der Waals surface area contributed by atoms with Gasteiger partial charge in [-0.3, -0.25) is 4.98 Å². The maximum Gasteiger partial charge on any atom is 0.145 e. The Balaban J connectivity index is 2.12. The van der Waals surface area contributed by atoms with Gasteiger partial charge in [0.1, 0.15) is 17.3 Å². The molecular formula is C15H15BrClFN2O. The Morgan fingerprint density at radius 3 is 2.95 bits per heavy atom. The summed E-state index contributed by atoms with van der Waals surface area (Å²) in [5.74, 6) is 0.449. The zero-order valence-electron chi connectivity index (χ0n) is 11.5. The number of aromatic nitrogens is 1. The molecule has 3 nitrogen and oxygen atoms in total. The van der Waals surface area contributed by atoms with Crippen LogP contribution in [-0.2, 0) is 6.54 Å². The first-order chi connectivity index (χ1) is 10.1. The molecule has 0 spiro atoms. The Bertz CT molecular complexity index is 625. The molecule has 1 aromatic carbocycles. The average Bonchev–Trinajstić information content (AvgIpc) is 2.45. The van der Waals surface area contributed by atoms with E-state index in [2.05, 4.69) is 33.2 Å². The van der Waals surface area contributed by atoms with Crippen LogP contribution in [0.1, 0.15) is 19.0 Å². The number of pyridine rings is 1. The highest BCUT2D eigenvalue weighted by molar-refractivity contribution is 9.10. The summed E-state index contributed by atoms with van der Waals surface area (Å²) in [5.41, 5.74) is 0.867. The van der Waals surface area contributed by atoms with Crippen LogP contribution < -0.4 is 10.1 Å². The van der Waals surface area contributed by atoms with Crippen LogP contribution in [0.3, 0.4) is 0 Å². The van der Waals surface area contributed by atoms with Crippen molar-refractivity contribution >= 4 is 27.5 Å². The predicted molar refractivity (Wildman–Crippen MR) is 85.4 cm³/mol. The molecule has 6 heteroatoms. The van der Waals surface area contributed by atoms with Crippen LogP contribution in [-0.4, -0.2) is 11.5 Å². The van der Waals surface area contributed by atoms with E-state index in [-0.39, 0.29) is 5.02 Å². The van der Waals surface area contributed by atoms with Gasteiger partial charge in [0.15, 0.2) is 0 Å². The fraction of sp³-hybridized carbons (Fsp3) is 0.267. The van der Waals surface area contributed by atoms with Crippen molar-refractivity contribution in [3.05, 3.63) is 51.5 Å². The van der Waals surface area contributed by atoms with Crippen molar-refractivity contribution < 1.29 is 9.13 Å². The Morgan fingerprint density at radius 1 is 1.38 bits per heavy atom. The summed E-state index contributed by atoms with van der Waals surface area (Å²) in [5, 5.41) is 3.32. The zero-order valence-corrected chi connectivity index (χ0v) is 13.8. The first-order valence-electron chi connectivity index (χ1n) is 6.58. The van der Waals surface area contributed by atoms with Crippen LogP contribution in [0.4, 0.5) is 4.39 Å². The number of benzene rings is 1. The van der Waals surface area contributed by atoms with E-state index >= 15 is 0 Å². The molecule has 0 atom stereocenters. The van der Waals surface area contributed by atoms with Gasteiger partial charge in [0.05, 0.1) is 15.2 Å². The van der Waals surface area contributed by atoms with Crippen LogP contribution >= 0.6 is 27.5 Å². The van der Waals surface area contributed by atoms with Gasteiger partial charge in [-0.15, -0.1) is 0 Å². The maximum absolute atomic E-state index is 13.5. The molecule has 0 unspecified atom stereocenters. The normalized spacial score (nSPS) is 10.7. The van der Waals surface area contributed by atoms with Gasteiger partial charge in [0.2, 0.25) is 0 Å². The molecule has 1 heterocycles. The minimum absolute atomic E-state index is 0.0495. The molecule has 112 valence electrons. The zero-order chi connectivity index (χ0) is 15.2. The fourth-order valence-electron chi connectivity index (χ4n) is 1.72. The summed E-state index contributed by atoms with van der Waals surface area (Å²) in [6.45, 7) is 3.70. The quantitative estimate of drug-likeness (QED) is 0.576. The molecule has 0 fully saturated rings. The summed E-state index contributed by atoms with van der Waals surface area (Å²) >= 11 is 9.01. The predicted octanol–water partition coefficient (Wildman–Crippen LogP) is 4.93. The smallest absolute Gasteiger partial charge is 0.145 e. The first kappa shape index (κ1) is 16.2. The lowest BCUT2D eigenvalue weighted by Gasteiger charge is -2.10. The fourth-order valence-corrected chi connectivity index (χ4v) is 2.44. The standard InChI is InChI=1S/C15H15BrClFN2O/c1-2-4-19-9-10-6-11(3-5-20-10)21-15-8-14(18)13(17)7-12(15)16/h3,5-8,19H,2,4,9H2,1H3. The number of ether oxygens (including phenoxy) is 1. The molecule has 0 saturated heterocycles. The molecule has 2 rings (SSSR count). The third kappa shape index (κ3) is 4.66.